The molecular formula is C12H12FN3O3. The molecule has 2 aromatic rings. The van der Waals surface area contributed by atoms with E-state index in [-0.39, 0.29) is 29.2 Å². The zero-order valence-corrected chi connectivity index (χ0v) is 10.4. The maximum atomic E-state index is 13.3. The Hall–Kier alpha value is -2.57. The van der Waals surface area contributed by atoms with Gasteiger partial charge in [-0.25, -0.2) is 4.39 Å². The second-order valence-electron chi connectivity index (χ2n) is 3.52. The molecule has 0 aliphatic rings. The molecule has 0 unspecified atom stereocenters. The van der Waals surface area contributed by atoms with E-state index in [1.54, 1.807) is 0 Å². The number of anilines is 1. The molecule has 6 nitrogen and oxygen atoms in total. The highest BCUT2D eigenvalue weighted by Crippen LogP contribution is 2.25. The molecule has 0 aliphatic heterocycles. The van der Waals surface area contributed by atoms with E-state index < -0.39 is 5.82 Å². The predicted molar refractivity (Wildman–Crippen MR) is 66.0 cm³/mol. The van der Waals surface area contributed by atoms with E-state index in [9.17, 15) is 4.39 Å². The largest absolute Gasteiger partial charge is 0.481 e. The lowest BCUT2D eigenvalue weighted by molar-refractivity contribution is 0.347. The maximum absolute atomic E-state index is 13.3. The van der Waals surface area contributed by atoms with Gasteiger partial charge in [-0.15, -0.1) is 0 Å². The van der Waals surface area contributed by atoms with Gasteiger partial charge >= 0.3 is 6.01 Å². The summed E-state index contributed by atoms with van der Waals surface area (Å²) in [6.07, 6.45) is 0. The third-order valence-corrected chi connectivity index (χ3v) is 2.26. The number of methoxy groups -OCH3 is 2. The molecule has 0 radical (unpaired) electrons. The van der Waals surface area contributed by atoms with Crippen molar-refractivity contribution in [2.45, 2.75) is 0 Å². The van der Waals surface area contributed by atoms with E-state index in [1.165, 1.54) is 32.4 Å². The summed E-state index contributed by atoms with van der Waals surface area (Å²) < 4.78 is 28.5. The summed E-state index contributed by atoms with van der Waals surface area (Å²) in [5.41, 5.74) is 5.41. The second-order valence-corrected chi connectivity index (χ2v) is 3.52. The molecule has 0 atom stereocenters. The molecule has 2 N–H and O–H groups in total. The maximum Gasteiger partial charge on any atom is 0.328 e. The van der Waals surface area contributed by atoms with Crippen molar-refractivity contribution >= 4 is 5.69 Å². The van der Waals surface area contributed by atoms with Gasteiger partial charge in [0.15, 0.2) is 0 Å². The monoisotopic (exact) mass is 265 g/mol. The van der Waals surface area contributed by atoms with Crippen LogP contribution in [0.3, 0.4) is 0 Å². The van der Waals surface area contributed by atoms with E-state index >= 15 is 0 Å². The van der Waals surface area contributed by atoms with Crippen molar-refractivity contribution < 1.29 is 18.6 Å². The van der Waals surface area contributed by atoms with Gasteiger partial charge in [0.05, 0.1) is 26.0 Å². The van der Waals surface area contributed by atoms with Gasteiger partial charge in [-0.3, -0.25) is 0 Å². The van der Waals surface area contributed by atoms with Crippen molar-refractivity contribution in [1.82, 2.24) is 9.97 Å². The zero-order chi connectivity index (χ0) is 13.8. The molecular weight excluding hydrogens is 253 g/mol. The van der Waals surface area contributed by atoms with Gasteiger partial charge in [-0.05, 0) is 12.1 Å². The number of ether oxygens (including phenoxy) is 3. The van der Waals surface area contributed by atoms with Crippen LogP contribution in [-0.2, 0) is 0 Å². The van der Waals surface area contributed by atoms with Crippen LogP contribution in [0.5, 0.6) is 23.5 Å². The first-order valence-corrected chi connectivity index (χ1v) is 5.32. The number of hydrogen-bond acceptors (Lipinski definition) is 6. The topological polar surface area (TPSA) is 79.5 Å². The Bertz CT molecular complexity index is 570. The Morgan fingerprint density at radius 2 is 1.68 bits per heavy atom. The molecule has 2 rings (SSSR count). The number of nitrogen functional groups attached to an aromatic ring is 1. The Morgan fingerprint density at radius 3 is 2.21 bits per heavy atom. The van der Waals surface area contributed by atoms with Crippen LogP contribution in [0.4, 0.5) is 10.1 Å². The molecule has 1 heterocycles. The average molecular weight is 265 g/mol. The number of hydrogen-bond donors (Lipinski definition) is 1. The Kier molecular flexibility index (Phi) is 3.65. The van der Waals surface area contributed by atoms with E-state index in [4.69, 9.17) is 19.9 Å². The van der Waals surface area contributed by atoms with Gasteiger partial charge in [-0.2, -0.15) is 9.97 Å². The lowest BCUT2D eigenvalue weighted by Crippen LogP contribution is -1.98. The molecule has 1 aromatic heterocycles. The van der Waals surface area contributed by atoms with Gasteiger partial charge < -0.3 is 19.9 Å². The van der Waals surface area contributed by atoms with Crippen LogP contribution in [-0.4, -0.2) is 24.2 Å². The fourth-order valence-electron chi connectivity index (χ4n) is 1.32. The number of nitrogens with zero attached hydrogens (tertiary/aromatic N) is 2. The number of benzene rings is 1. The van der Waals surface area contributed by atoms with Crippen molar-refractivity contribution in [3.8, 4) is 23.5 Å². The zero-order valence-electron chi connectivity index (χ0n) is 10.4. The number of nitrogens with two attached hydrogens (primary N) is 1. The Morgan fingerprint density at radius 1 is 1.05 bits per heavy atom. The van der Waals surface area contributed by atoms with Crippen molar-refractivity contribution in [3.63, 3.8) is 0 Å². The quantitative estimate of drug-likeness (QED) is 0.852. The van der Waals surface area contributed by atoms with Crippen LogP contribution in [0, 0.1) is 5.82 Å². The van der Waals surface area contributed by atoms with Crippen molar-refractivity contribution in [3.05, 3.63) is 30.1 Å². The minimum Gasteiger partial charge on any atom is -0.481 e. The molecule has 0 saturated carbocycles. The highest BCUT2D eigenvalue weighted by Gasteiger charge is 2.09. The highest BCUT2D eigenvalue weighted by molar-refractivity contribution is 5.44. The Labute approximate surface area is 109 Å². The summed E-state index contributed by atoms with van der Waals surface area (Å²) in [6.45, 7) is 0. The number of halogens is 1. The van der Waals surface area contributed by atoms with Gasteiger partial charge in [0, 0.05) is 6.07 Å². The lowest BCUT2D eigenvalue weighted by Gasteiger charge is -2.07. The normalized spacial score (nSPS) is 10.1. The Balaban J connectivity index is 2.29. The fraction of sp³-hybridized carbons (Fsp3) is 0.167. The molecule has 0 amide bonds. The molecule has 7 heteroatoms. The van der Waals surface area contributed by atoms with Crippen LogP contribution in [0.15, 0.2) is 24.3 Å². The molecule has 19 heavy (non-hydrogen) atoms. The smallest absolute Gasteiger partial charge is 0.328 e. The molecule has 0 saturated heterocycles. The lowest BCUT2D eigenvalue weighted by atomic mass is 10.3. The molecule has 0 fully saturated rings. The number of aromatic nitrogens is 2. The third kappa shape index (κ3) is 3.01. The summed E-state index contributed by atoms with van der Waals surface area (Å²) in [5, 5.41) is 0. The summed E-state index contributed by atoms with van der Waals surface area (Å²) in [7, 11) is 2.91. The van der Waals surface area contributed by atoms with E-state index in [0.717, 1.165) is 6.07 Å². The summed E-state index contributed by atoms with van der Waals surface area (Å²) in [4.78, 5) is 7.92. The van der Waals surface area contributed by atoms with E-state index in [0.29, 0.717) is 0 Å². The van der Waals surface area contributed by atoms with Gasteiger partial charge in [0.2, 0.25) is 11.8 Å². The first-order chi connectivity index (χ1) is 9.12. The first-order valence-electron chi connectivity index (χ1n) is 5.32. The SMILES string of the molecule is COc1cc(OC)nc(Oc2ccc(N)c(F)c2)n1. The summed E-state index contributed by atoms with van der Waals surface area (Å²) >= 11 is 0. The standard InChI is InChI=1S/C12H12FN3O3/c1-17-10-6-11(18-2)16-12(15-10)19-7-3-4-9(14)8(13)5-7/h3-6H,14H2,1-2H3. The minimum absolute atomic E-state index is 0.0135. The second kappa shape index (κ2) is 5.38. The van der Waals surface area contributed by atoms with Gasteiger partial charge in [0.1, 0.15) is 11.6 Å². The number of rotatable bonds is 4. The minimum atomic E-state index is -0.577. The molecule has 0 spiro atoms. The van der Waals surface area contributed by atoms with Gasteiger partial charge in [-0.1, -0.05) is 0 Å². The fourth-order valence-corrected chi connectivity index (χ4v) is 1.32. The van der Waals surface area contributed by atoms with E-state index in [1.807, 2.05) is 0 Å². The van der Waals surface area contributed by atoms with Gasteiger partial charge in [0.25, 0.3) is 0 Å². The average Bonchev–Trinajstić information content (AvgIpc) is 2.42. The van der Waals surface area contributed by atoms with Crippen molar-refractivity contribution in [2.75, 3.05) is 20.0 Å². The van der Waals surface area contributed by atoms with Crippen LogP contribution < -0.4 is 19.9 Å². The molecule has 0 bridgehead atoms. The molecule has 1 aromatic carbocycles. The van der Waals surface area contributed by atoms with Crippen LogP contribution >= 0.6 is 0 Å². The predicted octanol–water partition coefficient (Wildman–Crippen LogP) is 2.01. The third-order valence-electron chi connectivity index (χ3n) is 2.26. The van der Waals surface area contributed by atoms with Crippen LogP contribution in [0.2, 0.25) is 0 Å². The van der Waals surface area contributed by atoms with Crippen molar-refractivity contribution in [2.24, 2.45) is 0 Å². The molecule has 100 valence electrons. The summed E-state index contributed by atoms with van der Waals surface area (Å²) in [6, 6.07) is 5.53. The highest BCUT2D eigenvalue weighted by atomic mass is 19.1. The summed E-state index contributed by atoms with van der Waals surface area (Å²) in [5.74, 6) is 0.199. The van der Waals surface area contributed by atoms with Crippen LogP contribution in [0.25, 0.3) is 0 Å². The first kappa shape index (κ1) is 12.9. The van der Waals surface area contributed by atoms with Crippen LogP contribution in [0.1, 0.15) is 0 Å². The molecule has 0 aliphatic carbocycles. The van der Waals surface area contributed by atoms with E-state index in [2.05, 4.69) is 9.97 Å². The van der Waals surface area contributed by atoms with Crippen molar-refractivity contribution in [1.29, 1.82) is 0 Å².